The highest BCUT2D eigenvalue weighted by Crippen LogP contribution is 2.34. The normalized spacial score (nSPS) is 13.2. The average Bonchev–Trinajstić information content (AvgIpc) is 3.75. The molecule has 0 saturated heterocycles. The van der Waals surface area contributed by atoms with E-state index >= 15 is 0 Å². The third-order valence-electron chi connectivity index (χ3n) is 14.6. The predicted molar refractivity (Wildman–Crippen MR) is 290 cm³/mol. The highest BCUT2D eigenvalue weighted by atomic mass is 28.3. The summed E-state index contributed by atoms with van der Waals surface area (Å²) in [5.41, 5.74) is 7.52. The Kier molecular flexibility index (Phi) is 14.6. The summed E-state index contributed by atoms with van der Waals surface area (Å²) in [6.45, 7) is 1.58. The van der Waals surface area contributed by atoms with Crippen molar-refractivity contribution in [2.45, 2.75) is 89.4 Å². The van der Waals surface area contributed by atoms with Gasteiger partial charge in [-0.15, -0.1) is 0 Å². The molecule has 4 heteroatoms. The van der Waals surface area contributed by atoms with Gasteiger partial charge >= 0.3 is 0 Å². The molecule has 0 atom stereocenters. The van der Waals surface area contributed by atoms with Crippen LogP contribution in [0.3, 0.4) is 0 Å². The molecule has 1 aliphatic rings. The molecule has 1 aromatic heterocycles. The van der Waals surface area contributed by atoms with Gasteiger partial charge in [0.15, 0.2) is 8.07 Å². The van der Waals surface area contributed by atoms with E-state index in [2.05, 4.69) is 211 Å². The second-order valence-electron chi connectivity index (χ2n) is 18.9. The van der Waals surface area contributed by atoms with Gasteiger partial charge in [-0.3, -0.25) is 0 Å². The molecule has 10 rings (SSSR count). The lowest BCUT2D eigenvalue weighted by Crippen LogP contribution is -2.74. The molecule has 8 aromatic carbocycles. The highest BCUT2D eigenvalue weighted by molar-refractivity contribution is 7.19. The molecule has 0 radical (unpaired) electrons. The van der Waals surface area contributed by atoms with E-state index in [1.54, 1.807) is 0 Å². The summed E-state index contributed by atoms with van der Waals surface area (Å²) in [6.07, 6.45) is 16.7. The van der Waals surface area contributed by atoms with Crippen molar-refractivity contribution in [2.75, 3.05) is 13.2 Å². The summed E-state index contributed by atoms with van der Waals surface area (Å²) < 4.78 is 14.7. The summed E-state index contributed by atoms with van der Waals surface area (Å²) >= 11 is 0. The molecule has 1 saturated carbocycles. The fourth-order valence-electron chi connectivity index (χ4n) is 11.0. The van der Waals surface area contributed by atoms with Crippen molar-refractivity contribution < 1.29 is 9.47 Å². The van der Waals surface area contributed by atoms with Crippen molar-refractivity contribution in [1.82, 2.24) is 4.57 Å². The van der Waals surface area contributed by atoms with E-state index in [4.69, 9.17) is 9.47 Å². The Morgan fingerprint density at radius 3 is 1.26 bits per heavy atom. The Bertz CT molecular complexity index is 2860. The molecular weight excluding hydrogens is 843 g/mol. The fraction of sp³-hybridized carbons (Fsp3) is 0.250. The van der Waals surface area contributed by atoms with Crippen LogP contribution >= 0.6 is 0 Å². The zero-order valence-corrected chi connectivity index (χ0v) is 40.6. The SMILES string of the molecule is c1ccc([Si](c2ccccc2)(c2ccc(-c3ccc(OCCCCCCCCCCOc4ccc(C5CCCCC5)cc4)cc3)cc2)c2ccc(-n3c4ccccc4c4ccccc43)cc2)cc1. The summed E-state index contributed by atoms with van der Waals surface area (Å²) in [5.74, 6) is 2.72. The number of unbranched alkanes of at least 4 members (excludes halogenated alkanes) is 7. The van der Waals surface area contributed by atoms with Crippen LogP contribution < -0.4 is 30.2 Å². The zero-order chi connectivity index (χ0) is 45.8. The number of benzene rings is 8. The molecule has 1 fully saturated rings. The van der Waals surface area contributed by atoms with Gasteiger partial charge in [-0.2, -0.15) is 0 Å². The molecule has 68 heavy (non-hydrogen) atoms. The van der Waals surface area contributed by atoms with Crippen LogP contribution in [-0.4, -0.2) is 25.9 Å². The van der Waals surface area contributed by atoms with Crippen molar-refractivity contribution in [3.63, 3.8) is 0 Å². The van der Waals surface area contributed by atoms with Crippen LogP contribution in [0.15, 0.2) is 206 Å². The van der Waals surface area contributed by atoms with Crippen LogP contribution in [0.2, 0.25) is 0 Å². The van der Waals surface area contributed by atoms with Crippen LogP contribution in [-0.2, 0) is 0 Å². The number of fused-ring (bicyclic) bond motifs is 3. The number of aromatic nitrogens is 1. The van der Waals surface area contributed by atoms with E-state index in [1.807, 2.05) is 0 Å². The first kappa shape index (κ1) is 45.2. The third kappa shape index (κ3) is 9.98. The first-order chi connectivity index (χ1) is 33.8. The molecule has 3 nitrogen and oxygen atoms in total. The molecule has 0 unspecified atom stereocenters. The lowest BCUT2D eigenvalue weighted by Gasteiger charge is -2.34. The van der Waals surface area contributed by atoms with E-state index < -0.39 is 8.07 Å². The minimum absolute atomic E-state index is 0.758. The van der Waals surface area contributed by atoms with Crippen molar-refractivity contribution in [1.29, 1.82) is 0 Å². The monoisotopic (exact) mass is 907 g/mol. The topological polar surface area (TPSA) is 23.4 Å². The Morgan fingerprint density at radius 2 is 0.765 bits per heavy atom. The Balaban J connectivity index is 0.742. The number of hydrogen-bond donors (Lipinski definition) is 0. The second kappa shape index (κ2) is 22.0. The largest absolute Gasteiger partial charge is 0.494 e. The van der Waals surface area contributed by atoms with Gasteiger partial charge in [-0.05, 0) is 118 Å². The molecular formula is C64H65NO2Si. The maximum absolute atomic E-state index is 6.22. The minimum Gasteiger partial charge on any atom is -0.494 e. The summed E-state index contributed by atoms with van der Waals surface area (Å²) in [4.78, 5) is 0. The van der Waals surface area contributed by atoms with Gasteiger partial charge in [0.2, 0.25) is 0 Å². The maximum Gasteiger partial charge on any atom is 0.179 e. The summed E-state index contributed by atoms with van der Waals surface area (Å²) in [5, 5.41) is 8.01. The van der Waals surface area contributed by atoms with Crippen LogP contribution in [0.25, 0.3) is 38.6 Å². The number of hydrogen-bond acceptors (Lipinski definition) is 2. The molecule has 0 spiro atoms. The van der Waals surface area contributed by atoms with Gasteiger partial charge in [0.25, 0.3) is 0 Å². The van der Waals surface area contributed by atoms with Crippen molar-refractivity contribution in [3.05, 3.63) is 212 Å². The molecule has 1 aliphatic carbocycles. The minimum atomic E-state index is -2.74. The van der Waals surface area contributed by atoms with E-state index in [0.29, 0.717) is 0 Å². The van der Waals surface area contributed by atoms with Gasteiger partial charge in [-0.1, -0.05) is 216 Å². The standard InChI is InChI=1S/C64H65NO2Si/c1(3-5-20-48-66-55-40-32-51(33-41-55)50-22-10-7-11-23-50)2-4-6-21-49-67-56-42-34-52(35-43-56)53-36-44-59(45-37-53)68(57-24-12-8-13-25-57,58-26-14-9-15-27-58)60-46-38-54(39-47-60)65-63-30-18-16-28-61(63)62-29-17-19-31-64(62)65/h8-9,12-19,24-47,50H,1-7,10-11,20-23,48-49H2. The summed E-state index contributed by atoms with van der Waals surface area (Å²) in [7, 11) is -2.74. The molecule has 342 valence electrons. The number of para-hydroxylation sites is 2. The summed E-state index contributed by atoms with van der Waals surface area (Å²) in [6, 6.07) is 76.4. The van der Waals surface area contributed by atoms with E-state index in [-0.39, 0.29) is 0 Å². The molecule has 9 aromatic rings. The number of nitrogens with zero attached hydrogens (tertiary/aromatic N) is 1. The first-order valence-corrected chi connectivity index (χ1v) is 27.5. The Hall–Kier alpha value is -6.62. The van der Waals surface area contributed by atoms with Gasteiger partial charge < -0.3 is 14.0 Å². The Labute approximate surface area is 405 Å². The molecule has 0 amide bonds. The zero-order valence-electron chi connectivity index (χ0n) is 39.6. The van der Waals surface area contributed by atoms with Crippen LogP contribution in [0.5, 0.6) is 11.5 Å². The first-order valence-electron chi connectivity index (χ1n) is 25.5. The molecule has 1 heterocycles. The quantitative estimate of drug-likeness (QED) is 0.0432. The lowest BCUT2D eigenvalue weighted by atomic mass is 9.84. The van der Waals surface area contributed by atoms with Gasteiger partial charge in [0.05, 0.1) is 24.2 Å². The van der Waals surface area contributed by atoms with Crippen LogP contribution in [0.4, 0.5) is 0 Å². The Morgan fingerprint density at radius 1 is 0.368 bits per heavy atom. The van der Waals surface area contributed by atoms with Crippen molar-refractivity contribution >= 4 is 50.6 Å². The van der Waals surface area contributed by atoms with E-state index in [9.17, 15) is 0 Å². The maximum atomic E-state index is 6.22. The highest BCUT2D eigenvalue weighted by Gasteiger charge is 2.41. The van der Waals surface area contributed by atoms with E-state index in [0.717, 1.165) is 43.5 Å². The van der Waals surface area contributed by atoms with Crippen LogP contribution in [0.1, 0.15) is 95.0 Å². The number of ether oxygens (including phenoxy) is 2. The van der Waals surface area contributed by atoms with Crippen LogP contribution in [0, 0.1) is 0 Å². The third-order valence-corrected chi connectivity index (χ3v) is 19.4. The predicted octanol–water partition coefficient (Wildman–Crippen LogP) is 14.5. The number of rotatable bonds is 20. The fourth-order valence-corrected chi connectivity index (χ4v) is 15.7. The van der Waals surface area contributed by atoms with Crippen molar-refractivity contribution in [2.24, 2.45) is 0 Å². The van der Waals surface area contributed by atoms with Crippen molar-refractivity contribution in [3.8, 4) is 28.3 Å². The second-order valence-corrected chi connectivity index (χ2v) is 22.7. The van der Waals surface area contributed by atoms with Gasteiger partial charge in [0.1, 0.15) is 11.5 Å². The lowest BCUT2D eigenvalue weighted by molar-refractivity contribution is 0.301. The van der Waals surface area contributed by atoms with Gasteiger partial charge in [0, 0.05) is 16.5 Å². The average molecular weight is 908 g/mol. The molecule has 0 aliphatic heterocycles. The smallest absolute Gasteiger partial charge is 0.179 e. The van der Waals surface area contributed by atoms with Gasteiger partial charge in [-0.25, -0.2) is 0 Å². The van der Waals surface area contributed by atoms with E-state index in [1.165, 1.54) is 136 Å². The molecule has 0 bridgehead atoms. The molecule has 0 N–H and O–H groups in total.